The van der Waals surface area contributed by atoms with Crippen LogP contribution < -0.4 is 10.9 Å². The van der Waals surface area contributed by atoms with E-state index in [0.717, 1.165) is 12.2 Å². The molecule has 4 heteroatoms. The predicted octanol–water partition coefficient (Wildman–Crippen LogP) is 0.00250. The van der Waals surface area contributed by atoms with Crippen molar-refractivity contribution in [3.63, 3.8) is 0 Å². The Bertz CT molecular complexity index is 296. The summed E-state index contributed by atoms with van der Waals surface area (Å²) in [4.78, 5) is 10.6. The molecule has 0 atom stereocenters. The zero-order valence-corrected chi connectivity index (χ0v) is 6.87. The number of hydrogen-bond donors (Lipinski definition) is 2. The van der Waals surface area contributed by atoms with Crippen LogP contribution in [0.1, 0.15) is 5.69 Å². The monoisotopic (exact) mass is 165 g/mol. The highest BCUT2D eigenvalue weighted by Crippen LogP contribution is 1.90. The molecule has 0 aromatic carbocycles. The third-order valence-electron chi connectivity index (χ3n) is 1.31. The van der Waals surface area contributed by atoms with Crippen molar-refractivity contribution in [3.05, 3.63) is 34.3 Å². The minimum Gasteiger partial charge on any atom is -0.316 e. The molecule has 0 spiro atoms. The standard InChI is InChI=1S/C8H11N3O/c1-9-6-2-3-7-4-5-8(12)11-10-7/h2-5,9H,6H2,1H3,(H,11,12). The average molecular weight is 165 g/mol. The van der Waals surface area contributed by atoms with Gasteiger partial charge >= 0.3 is 0 Å². The largest absolute Gasteiger partial charge is 0.316 e. The summed E-state index contributed by atoms with van der Waals surface area (Å²) in [7, 11) is 1.87. The Hall–Kier alpha value is -1.42. The minimum atomic E-state index is -0.180. The lowest BCUT2D eigenvalue weighted by Gasteiger charge is -1.90. The van der Waals surface area contributed by atoms with E-state index in [0.29, 0.717) is 0 Å². The lowest BCUT2D eigenvalue weighted by Crippen LogP contribution is -2.06. The second-order valence-corrected chi connectivity index (χ2v) is 2.31. The normalized spacial score (nSPS) is 10.8. The summed E-state index contributed by atoms with van der Waals surface area (Å²) >= 11 is 0. The molecule has 0 unspecified atom stereocenters. The van der Waals surface area contributed by atoms with E-state index >= 15 is 0 Å². The third-order valence-corrected chi connectivity index (χ3v) is 1.31. The molecule has 4 nitrogen and oxygen atoms in total. The van der Waals surface area contributed by atoms with E-state index in [1.165, 1.54) is 6.07 Å². The number of rotatable bonds is 3. The van der Waals surface area contributed by atoms with E-state index in [1.54, 1.807) is 6.07 Å². The minimum absolute atomic E-state index is 0.180. The molecule has 2 N–H and O–H groups in total. The van der Waals surface area contributed by atoms with Crippen molar-refractivity contribution < 1.29 is 0 Å². The number of hydrogen-bond acceptors (Lipinski definition) is 3. The second kappa shape index (κ2) is 4.46. The van der Waals surface area contributed by atoms with Gasteiger partial charge in [-0.3, -0.25) is 4.79 Å². The third kappa shape index (κ3) is 2.67. The van der Waals surface area contributed by atoms with Gasteiger partial charge in [-0.1, -0.05) is 6.08 Å². The number of aromatic nitrogens is 2. The number of nitrogens with zero attached hydrogens (tertiary/aromatic N) is 1. The first-order valence-electron chi connectivity index (χ1n) is 3.70. The molecular formula is C8H11N3O. The molecule has 0 saturated carbocycles. The Labute approximate surface area is 70.3 Å². The molecule has 0 saturated heterocycles. The Morgan fingerprint density at radius 2 is 2.50 bits per heavy atom. The zero-order chi connectivity index (χ0) is 8.81. The van der Waals surface area contributed by atoms with Crippen LogP contribution in [0.2, 0.25) is 0 Å². The molecule has 0 bridgehead atoms. The van der Waals surface area contributed by atoms with E-state index in [4.69, 9.17) is 0 Å². The van der Waals surface area contributed by atoms with E-state index in [9.17, 15) is 4.79 Å². The van der Waals surface area contributed by atoms with Gasteiger partial charge in [-0.05, 0) is 19.2 Å². The van der Waals surface area contributed by atoms with Crippen LogP contribution in [-0.4, -0.2) is 23.8 Å². The molecule has 0 aliphatic carbocycles. The molecule has 0 aliphatic heterocycles. The van der Waals surface area contributed by atoms with Crippen molar-refractivity contribution in [2.24, 2.45) is 0 Å². The van der Waals surface area contributed by atoms with Crippen LogP contribution >= 0.6 is 0 Å². The van der Waals surface area contributed by atoms with Gasteiger partial charge in [0.1, 0.15) is 0 Å². The highest BCUT2D eigenvalue weighted by atomic mass is 16.1. The molecule has 0 radical (unpaired) electrons. The van der Waals surface area contributed by atoms with Crippen molar-refractivity contribution >= 4 is 6.08 Å². The molecule has 1 rings (SSSR count). The van der Waals surface area contributed by atoms with Gasteiger partial charge < -0.3 is 5.32 Å². The maximum Gasteiger partial charge on any atom is 0.264 e. The smallest absolute Gasteiger partial charge is 0.264 e. The average Bonchev–Trinajstić information content (AvgIpc) is 2.09. The molecule has 0 aliphatic rings. The molecule has 0 amide bonds. The van der Waals surface area contributed by atoms with Gasteiger partial charge in [-0.25, -0.2) is 5.10 Å². The van der Waals surface area contributed by atoms with Crippen LogP contribution in [0.4, 0.5) is 0 Å². The second-order valence-electron chi connectivity index (χ2n) is 2.31. The maximum atomic E-state index is 10.6. The van der Waals surface area contributed by atoms with Crippen LogP contribution in [0.25, 0.3) is 6.08 Å². The van der Waals surface area contributed by atoms with Crippen molar-refractivity contribution in [3.8, 4) is 0 Å². The summed E-state index contributed by atoms with van der Waals surface area (Å²) in [5, 5.41) is 9.11. The lowest BCUT2D eigenvalue weighted by molar-refractivity contribution is 0.920. The van der Waals surface area contributed by atoms with Crippen molar-refractivity contribution in [1.29, 1.82) is 0 Å². The van der Waals surface area contributed by atoms with E-state index < -0.39 is 0 Å². The summed E-state index contributed by atoms with van der Waals surface area (Å²) in [5.74, 6) is 0. The lowest BCUT2D eigenvalue weighted by atomic mass is 10.3. The molecule has 64 valence electrons. The molecule has 0 fully saturated rings. The van der Waals surface area contributed by atoms with Gasteiger partial charge in [-0.15, -0.1) is 0 Å². The predicted molar refractivity (Wildman–Crippen MR) is 47.8 cm³/mol. The Morgan fingerprint density at radius 1 is 1.67 bits per heavy atom. The number of likely N-dealkylation sites (N-methyl/N-ethyl adjacent to an activating group) is 1. The van der Waals surface area contributed by atoms with Crippen LogP contribution in [0, 0.1) is 0 Å². The van der Waals surface area contributed by atoms with Crippen molar-refractivity contribution in [1.82, 2.24) is 15.5 Å². The number of aromatic amines is 1. The summed E-state index contributed by atoms with van der Waals surface area (Å²) in [6.45, 7) is 0.792. The summed E-state index contributed by atoms with van der Waals surface area (Å²) in [6, 6.07) is 3.12. The van der Waals surface area contributed by atoms with E-state index in [2.05, 4.69) is 15.5 Å². The van der Waals surface area contributed by atoms with Gasteiger partial charge in [-0.2, -0.15) is 5.10 Å². The molecule has 12 heavy (non-hydrogen) atoms. The van der Waals surface area contributed by atoms with Crippen LogP contribution in [-0.2, 0) is 0 Å². The fraction of sp³-hybridized carbons (Fsp3) is 0.250. The SMILES string of the molecule is CNCC=Cc1ccc(=O)[nH]n1. The fourth-order valence-electron chi connectivity index (χ4n) is 0.746. The quantitative estimate of drug-likeness (QED) is 0.663. The van der Waals surface area contributed by atoms with Crippen molar-refractivity contribution in [2.75, 3.05) is 13.6 Å². The maximum absolute atomic E-state index is 10.6. The van der Waals surface area contributed by atoms with Gasteiger partial charge in [0.2, 0.25) is 0 Å². The molecule has 1 aromatic heterocycles. The van der Waals surface area contributed by atoms with E-state index in [-0.39, 0.29) is 5.56 Å². The Balaban J connectivity index is 2.64. The van der Waals surface area contributed by atoms with Crippen molar-refractivity contribution in [2.45, 2.75) is 0 Å². The summed E-state index contributed by atoms with van der Waals surface area (Å²) in [6.07, 6.45) is 3.77. The summed E-state index contributed by atoms with van der Waals surface area (Å²) < 4.78 is 0. The topological polar surface area (TPSA) is 57.8 Å². The van der Waals surface area contributed by atoms with Crippen LogP contribution in [0.5, 0.6) is 0 Å². The van der Waals surface area contributed by atoms with Gasteiger partial charge in [0, 0.05) is 12.6 Å². The molecule has 1 aromatic rings. The zero-order valence-electron chi connectivity index (χ0n) is 6.87. The summed E-state index contributed by atoms with van der Waals surface area (Å²) in [5.41, 5.74) is 0.575. The fourth-order valence-corrected chi connectivity index (χ4v) is 0.746. The first kappa shape index (κ1) is 8.67. The highest BCUT2D eigenvalue weighted by molar-refractivity contribution is 5.43. The first-order valence-corrected chi connectivity index (χ1v) is 3.70. The van der Waals surface area contributed by atoms with Crippen LogP contribution in [0.3, 0.4) is 0 Å². The number of H-pyrrole nitrogens is 1. The molecular weight excluding hydrogens is 154 g/mol. The Kier molecular flexibility index (Phi) is 3.22. The number of nitrogens with one attached hydrogen (secondary N) is 2. The first-order chi connectivity index (χ1) is 5.83. The van der Waals surface area contributed by atoms with Gasteiger partial charge in [0.25, 0.3) is 5.56 Å². The van der Waals surface area contributed by atoms with E-state index in [1.807, 2.05) is 19.2 Å². The van der Waals surface area contributed by atoms with Gasteiger partial charge in [0.05, 0.1) is 5.69 Å². The highest BCUT2D eigenvalue weighted by Gasteiger charge is 1.85. The Morgan fingerprint density at radius 3 is 3.08 bits per heavy atom. The van der Waals surface area contributed by atoms with Gasteiger partial charge in [0.15, 0.2) is 0 Å². The van der Waals surface area contributed by atoms with Crippen LogP contribution in [0.15, 0.2) is 23.0 Å². The molecule has 1 heterocycles.